The first kappa shape index (κ1) is 13.5. The lowest BCUT2D eigenvalue weighted by molar-refractivity contribution is 0.338. The summed E-state index contributed by atoms with van der Waals surface area (Å²) in [6.45, 7) is 0.900. The van der Waals surface area contributed by atoms with Crippen molar-refractivity contribution in [1.29, 1.82) is 0 Å². The molecule has 0 saturated heterocycles. The van der Waals surface area contributed by atoms with Gasteiger partial charge in [0, 0.05) is 12.6 Å². The van der Waals surface area contributed by atoms with E-state index >= 15 is 0 Å². The zero-order chi connectivity index (χ0) is 13.0. The fourth-order valence-corrected chi connectivity index (χ4v) is 2.56. The molecular formula is C12H19BrN4O. The van der Waals surface area contributed by atoms with E-state index in [9.17, 15) is 0 Å². The van der Waals surface area contributed by atoms with E-state index in [2.05, 4.69) is 31.2 Å². The van der Waals surface area contributed by atoms with Gasteiger partial charge in [0.2, 0.25) is 11.8 Å². The van der Waals surface area contributed by atoms with Gasteiger partial charge in [0.1, 0.15) is 0 Å². The van der Waals surface area contributed by atoms with Crippen molar-refractivity contribution in [1.82, 2.24) is 9.97 Å². The van der Waals surface area contributed by atoms with E-state index in [1.54, 1.807) is 13.3 Å². The molecular weight excluding hydrogens is 296 g/mol. The summed E-state index contributed by atoms with van der Waals surface area (Å²) in [6, 6.07) is 0.394. The third-order valence-corrected chi connectivity index (χ3v) is 3.89. The number of ether oxygens (including phenoxy) is 1. The number of nitrogens with two attached hydrogens (primary N) is 1. The Morgan fingerprint density at radius 1 is 1.44 bits per heavy atom. The highest BCUT2D eigenvalue weighted by Gasteiger charge is 2.18. The number of nitrogens with zero attached hydrogens (tertiary/aromatic N) is 2. The average molecular weight is 315 g/mol. The number of hydrogen-bond acceptors (Lipinski definition) is 5. The Hall–Kier alpha value is -0.880. The molecule has 0 amide bonds. The second-order valence-electron chi connectivity index (χ2n) is 4.71. The lowest BCUT2D eigenvalue weighted by Crippen LogP contribution is -2.29. The van der Waals surface area contributed by atoms with Crippen molar-refractivity contribution < 1.29 is 4.74 Å². The van der Waals surface area contributed by atoms with E-state index < -0.39 is 0 Å². The minimum atomic E-state index is 0.394. The van der Waals surface area contributed by atoms with Crippen molar-refractivity contribution >= 4 is 21.9 Å². The van der Waals surface area contributed by atoms with E-state index in [1.165, 1.54) is 12.8 Å². The summed E-state index contributed by atoms with van der Waals surface area (Å²) >= 11 is 3.33. The van der Waals surface area contributed by atoms with Crippen molar-refractivity contribution in [3.8, 4) is 5.88 Å². The van der Waals surface area contributed by atoms with Gasteiger partial charge in [0.15, 0.2) is 0 Å². The molecule has 1 aromatic rings. The van der Waals surface area contributed by atoms with Crippen molar-refractivity contribution in [2.24, 2.45) is 11.7 Å². The molecule has 0 atom stereocenters. The third-order valence-electron chi connectivity index (χ3n) is 3.35. The van der Waals surface area contributed by atoms with Crippen LogP contribution in [-0.2, 0) is 0 Å². The number of nitrogens with one attached hydrogen (secondary N) is 1. The summed E-state index contributed by atoms with van der Waals surface area (Å²) in [5.74, 6) is 1.84. The molecule has 1 fully saturated rings. The highest BCUT2D eigenvalue weighted by molar-refractivity contribution is 9.10. The number of halogens is 1. The molecule has 1 aromatic heterocycles. The molecule has 1 heterocycles. The van der Waals surface area contributed by atoms with E-state index in [0.29, 0.717) is 23.8 Å². The van der Waals surface area contributed by atoms with Crippen LogP contribution in [0, 0.1) is 5.92 Å². The Balaban J connectivity index is 1.86. The predicted molar refractivity (Wildman–Crippen MR) is 74.7 cm³/mol. The van der Waals surface area contributed by atoms with Crippen LogP contribution in [0.2, 0.25) is 0 Å². The summed E-state index contributed by atoms with van der Waals surface area (Å²) in [5.41, 5.74) is 5.89. The van der Waals surface area contributed by atoms with Crippen LogP contribution < -0.4 is 15.8 Å². The number of aromatic nitrogens is 2. The Labute approximate surface area is 116 Å². The first-order valence-electron chi connectivity index (χ1n) is 6.25. The molecule has 0 aliphatic heterocycles. The van der Waals surface area contributed by atoms with Crippen LogP contribution in [0.3, 0.4) is 0 Å². The Bertz CT molecular complexity index is 394. The van der Waals surface area contributed by atoms with Crippen molar-refractivity contribution in [2.45, 2.75) is 31.7 Å². The van der Waals surface area contributed by atoms with Gasteiger partial charge in [0.25, 0.3) is 0 Å². The maximum absolute atomic E-state index is 5.89. The summed E-state index contributed by atoms with van der Waals surface area (Å²) in [6.07, 6.45) is 6.31. The fourth-order valence-electron chi connectivity index (χ4n) is 2.21. The van der Waals surface area contributed by atoms with Crippen LogP contribution in [0.15, 0.2) is 10.7 Å². The second kappa shape index (κ2) is 6.33. The Morgan fingerprint density at radius 3 is 2.83 bits per heavy atom. The third kappa shape index (κ3) is 3.55. The first-order valence-corrected chi connectivity index (χ1v) is 7.04. The monoisotopic (exact) mass is 314 g/mol. The van der Waals surface area contributed by atoms with Gasteiger partial charge in [-0.05, 0) is 47.5 Å². The summed E-state index contributed by atoms with van der Waals surface area (Å²) in [5, 5.41) is 3.27. The lowest BCUT2D eigenvalue weighted by atomic mass is 9.86. The smallest absolute Gasteiger partial charge is 0.232 e. The molecule has 0 spiro atoms. The van der Waals surface area contributed by atoms with Gasteiger partial charge >= 0.3 is 0 Å². The van der Waals surface area contributed by atoms with Crippen LogP contribution in [0.1, 0.15) is 25.7 Å². The van der Waals surface area contributed by atoms with Gasteiger partial charge in [-0.1, -0.05) is 0 Å². The highest BCUT2D eigenvalue weighted by Crippen LogP contribution is 2.24. The van der Waals surface area contributed by atoms with E-state index in [0.717, 1.165) is 23.9 Å². The van der Waals surface area contributed by atoms with Crippen molar-refractivity contribution in [3.63, 3.8) is 0 Å². The van der Waals surface area contributed by atoms with Gasteiger partial charge in [-0.2, -0.15) is 4.98 Å². The molecule has 2 rings (SSSR count). The fraction of sp³-hybridized carbons (Fsp3) is 0.667. The average Bonchev–Trinajstić information content (AvgIpc) is 2.39. The summed E-state index contributed by atoms with van der Waals surface area (Å²) in [4.78, 5) is 8.49. The van der Waals surface area contributed by atoms with Gasteiger partial charge in [-0.25, -0.2) is 4.98 Å². The zero-order valence-electron chi connectivity index (χ0n) is 10.5. The van der Waals surface area contributed by atoms with E-state index in [1.807, 2.05) is 0 Å². The first-order chi connectivity index (χ1) is 8.69. The number of rotatable bonds is 4. The van der Waals surface area contributed by atoms with E-state index in [4.69, 9.17) is 10.5 Å². The van der Waals surface area contributed by atoms with E-state index in [-0.39, 0.29) is 0 Å². The minimum Gasteiger partial charge on any atom is -0.480 e. The molecule has 0 aromatic carbocycles. The zero-order valence-corrected chi connectivity index (χ0v) is 12.1. The molecule has 0 bridgehead atoms. The van der Waals surface area contributed by atoms with Crippen molar-refractivity contribution in [2.75, 3.05) is 19.0 Å². The van der Waals surface area contributed by atoms with Gasteiger partial charge in [-0.3, -0.25) is 0 Å². The van der Waals surface area contributed by atoms with Crippen LogP contribution >= 0.6 is 15.9 Å². The molecule has 1 saturated carbocycles. The largest absolute Gasteiger partial charge is 0.480 e. The van der Waals surface area contributed by atoms with Crippen molar-refractivity contribution in [3.05, 3.63) is 10.7 Å². The summed E-state index contributed by atoms with van der Waals surface area (Å²) < 4.78 is 5.90. The maximum atomic E-state index is 5.89. The standard InChI is InChI=1S/C12H19BrN4O/c1-18-11-10(13)7-16-12(17-11)15-6-8-2-4-9(14)5-3-8/h7-9H,2-6,14H2,1H3,(H,15,16,17). The summed E-state index contributed by atoms with van der Waals surface area (Å²) in [7, 11) is 1.60. The SMILES string of the molecule is COc1nc(NCC2CCC(N)CC2)ncc1Br. The molecule has 0 radical (unpaired) electrons. The molecule has 1 aliphatic carbocycles. The van der Waals surface area contributed by atoms with Crippen LogP contribution in [0.5, 0.6) is 5.88 Å². The lowest BCUT2D eigenvalue weighted by Gasteiger charge is -2.26. The molecule has 6 heteroatoms. The minimum absolute atomic E-state index is 0.394. The van der Waals surface area contributed by atoms with Crippen LogP contribution in [0.4, 0.5) is 5.95 Å². The topological polar surface area (TPSA) is 73.1 Å². The molecule has 3 N–H and O–H groups in total. The maximum Gasteiger partial charge on any atom is 0.232 e. The molecule has 18 heavy (non-hydrogen) atoms. The Morgan fingerprint density at radius 2 is 2.17 bits per heavy atom. The van der Waals surface area contributed by atoms with Crippen LogP contribution in [-0.4, -0.2) is 29.7 Å². The molecule has 1 aliphatic rings. The quantitative estimate of drug-likeness (QED) is 0.891. The van der Waals surface area contributed by atoms with Gasteiger partial charge in [-0.15, -0.1) is 0 Å². The van der Waals surface area contributed by atoms with Crippen LogP contribution in [0.25, 0.3) is 0 Å². The second-order valence-corrected chi connectivity index (χ2v) is 5.57. The van der Waals surface area contributed by atoms with Gasteiger partial charge in [0.05, 0.1) is 17.8 Å². The highest BCUT2D eigenvalue weighted by atomic mass is 79.9. The Kier molecular flexibility index (Phi) is 4.77. The molecule has 0 unspecified atom stereocenters. The number of anilines is 1. The molecule has 5 nitrogen and oxygen atoms in total. The normalized spacial score (nSPS) is 23.7. The van der Waals surface area contributed by atoms with Gasteiger partial charge < -0.3 is 15.8 Å². The molecule has 100 valence electrons. The number of methoxy groups -OCH3 is 1. The predicted octanol–water partition coefficient (Wildman–Crippen LogP) is 2.18. The number of hydrogen-bond donors (Lipinski definition) is 2.